The number of hydrogen-bond acceptors (Lipinski definition) is 2. The molecule has 80 valence electrons. The summed E-state index contributed by atoms with van der Waals surface area (Å²) < 4.78 is 0. The minimum atomic E-state index is 0. The van der Waals surface area contributed by atoms with E-state index in [1.165, 1.54) is 0 Å². The van der Waals surface area contributed by atoms with Crippen LogP contribution in [0.15, 0.2) is 30.3 Å². The highest BCUT2D eigenvalue weighted by Crippen LogP contribution is 2.33. The maximum absolute atomic E-state index is 9.84. The number of rotatable bonds is 1. The van der Waals surface area contributed by atoms with Gasteiger partial charge in [0.05, 0.1) is 0 Å². The summed E-state index contributed by atoms with van der Waals surface area (Å²) in [5.41, 5.74) is 6.17. The summed E-state index contributed by atoms with van der Waals surface area (Å²) in [6.07, 6.45) is 0. The zero-order valence-corrected chi connectivity index (χ0v) is 9.48. The van der Waals surface area contributed by atoms with E-state index in [4.69, 9.17) is 17.3 Å². The van der Waals surface area contributed by atoms with Gasteiger partial charge in [0.25, 0.3) is 0 Å². The monoisotopic (exact) mass is 243 g/mol. The average molecular weight is 244 g/mol. The number of phenols is 1. The minimum Gasteiger partial charge on any atom is -0.507 e. The van der Waals surface area contributed by atoms with Gasteiger partial charge in [0, 0.05) is 27.9 Å². The zero-order valence-electron chi connectivity index (χ0n) is 7.90. The van der Waals surface area contributed by atoms with Crippen LogP contribution in [0, 0.1) is 0 Å². The Hall–Kier alpha value is -0.960. The van der Waals surface area contributed by atoms with Crippen LogP contribution >= 0.6 is 24.0 Å². The fourth-order valence-corrected chi connectivity index (χ4v) is 1.82. The molecule has 0 spiro atoms. The Kier molecular flexibility index (Phi) is 3.80. The van der Waals surface area contributed by atoms with Crippen molar-refractivity contribution in [2.45, 2.75) is 6.54 Å². The number of hydrogen-bond donors (Lipinski definition) is 2. The lowest BCUT2D eigenvalue weighted by Crippen LogP contribution is -1.97. The smallest absolute Gasteiger partial charge is 0.127 e. The summed E-state index contributed by atoms with van der Waals surface area (Å²) in [7, 11) is 0. The fourth-order valence-electron chi connectivity index (χ4n) is 1.53. The van der Waals surface area contributed by atoms with Crippen molar-refractivity contribution >= 4 is 34.8 Å². The molecule has 0 bridgehead atoms. The second kappa shape index (κ2) is 4.71. The van der Waals surface area contributed by atoms with E-state index in [1.54, 1.807) is 6.07 Å². The first kappa shape index (κ1) is 12.1. The van der Waals surface area contributed by atoms with Crippen molar-refractivity contribution in [1.82, 2.24) is 0 Å². The summed E-state index contributed by atoms with van der Waals surface area (Å²) in [5.74, 6) is 0.229. The van der Waals surface area contributed by atoms with Gasteiger partial charge in [0.15, 0.2) is 0 Å². The van der Waals surface area contributed by atoms with Crippen LogP contribution in [0.1, 0.15) is 5.56 Å². The molecule has 15 heavy (non-hydrogen) atoms. The molecule has 2 nitrogen and oxygen atoms in total. The molecule has 0 fully saturated rings. The Morgan fingerprint density at radius 1 is 1.20 bits per heavy atom. The normalized spacial score (nSPS) is 10.0. The van der Waals surface area contributed by atoms with Crippen LogP contribution in [0.25, 0.3) is 10.8 Å². The topological polar surface area (TPSA) is 46.2 Å². The molecule has 0 unspecified atom stereocenters. The molecule has 0 aromatic heterocycles. The molecule has 0 heterocycles. The van der Waals surface area contributed by atoms with Crippen LogP contribution in [0.5, 0.6) is 5.75 Å². The maximum Gasteiger partial charge on any atom is 0.127 e. The van der Waals surface area contributed by atoms with Crippen LogP contribution in [0.4, 0.5) is 0 Å². The Morgan fingerprint density at radius 3 is 2.40 bits per heavy atom. The summed E-state index contributed by atoms with van der Waals surface area (Å²) in [5, 5.41) is 12.1. The predicted molar refractivity (Wildman–Crippen MR) is 65.8 cm³/mol. The van der Waals surface area contributed by atoms with Gasteiger partial charge in [-0.15, -0.1) is 12.4 Å². The van der Waals surface area contributed by atoms with Crippen LogP contribution in [-0.2, 0) is 6.54 Å². The SMILES string of the molecule is Cl.NCc1cc(Cl)c2ccccc2c1O. The maximum atomic E-state index is 9.84. The number of aromatic hydroxyl groups is 1. The summed E-state index contributed by atoms with van der Waals surface area (Å²) >= 11 is 6.05. The van der Waals surface area contributed by atoms with E-state index in [-0.39, 0.29) is 24.7 Å². The molecule has 0 aliphatic carbocycles. The van der Waals surface area contributed by atoms with Crippen molar-refractivity contribution in [1.29, 1.82) is 0 Å². The number of phenolic OH excluding ortho intramolecular Hbond substituents is 1. The van der Waals surface area contributed by atoms with E-state index >= 15 is 0 Å². The van der Waals surface area contributed by atoms with E-state index < -0.39 is 0 Å². The van der Waals surface area contributed by atoms with Crippen molar-refractivity contribution < 1.29 is 5.11 Å². The molecule has 0 radical (unpaired) electrons. The molecule has 2 aromatic carbocycles. The number of benzene rings is 2. The van der Waals surface area contributed by atoms with Crippen LogP contribution in [-0.4, -0.2) is 5.11 Å². The highest BCUT2D eigenvalue weighted by molar-refractivity contribution is 6.35. The minimum absolute atomic E-state index is 0. The van der Waals surface area contributed by atoms with Crippen LogP contribution < -0.4 is 5.73 Å². The first-order chi connectivity index (χ1) is 6.74. The largest absolute Gasteiger partial charge is 0.507 e. The molecule has 0 saturated heterocycles. The van der Waals surface area contributed by atoms with E-state index in [9.17, 15) is 5.11 Å². The van der Waals surface area contributed by atoms with Gasteiger partial charge in [-0.05, 0) is 6.07 Å². The summed E-state index contributed by atoms with van der Waals surface area (Å²) in [6, 6.07) is 9.15. The molecule has 0 atom stereocenters. The molecule has 0 amide bonds. The molecular formula is C11H11Cl2NO. The highest BCUT2D eigenvalue weighted by atomic mass is 35.5. The van der Waals surface area contributed by atoms with Crippen molar-refractivity contribution in [3.05, 3.63) is 40.9 Å². The van der Waals surface area contributed by atoms with Crippen LogP contribution in [0.3, 0.4) is 0 Å². The Bertz CT molecular complexity index is 485. The van der Waals surface area contributed by atoms with Crippen molar-refractivity contribution in [3.63, 3.8) is 0 Å². The van der Waals surface area contributed by atoms with Gasteiger partial charge in [0.2, 0.25) is 0 Å². The number of fused-ring (bicyclic) bond motifs is 1. The third-order valence-corrected chi connectivity index (χ3v) is 2.58. The van der Waals surface area contributed by atoms with Crippen molar-refractivity contribution in [3.8, 4) is 5.75 Å². The van der Waals surface area contributed by atoms with Gasteiger partial charge < -0.3 is 10.8 Å². The lowest BCUT2D eigenvalue weighted by atomic mass is 10.1. The molecule has 3 N–H and O–H groups in total. The van der Waals surface area contributed by atoms with Crippen molar-refractivity contribution in [2.75, 3.05) is 0 Å². The molecule has 0 aliphatic rings. The first-order valence-electron chi connectivity index (χ1n) is 4.33. The third kappa shape index (κ3) is 2.02. The molecule has 0 aliphatic heterocycles. The molecular weight excluding hydrogens is 233 g/mol. The average Bonchev–Trinajstić information content (AvgIpc) is 2.23. The van der Waals surface area contributed by atoms with Gasteiger partial charge in [-0.3, -0.25) is 0 Å². The van der Waals surface area contributed by atoms with E-state index in [0.717, 1.165) is 10.8 Å². The quantitative estimate of drug-likeness (QED) is 0.809. The number of nitrogens with two attached hydrogens (primary N) is 1. The predicted octanol–water partition coefficient (Wildman–Crippen LogP) is 3.08. The van der Waals surface area contributed by atoms with Gasteiger partial charge in [-0.1, -0.05) is 35.9 Å². The highest BCUT2D eigenvalue weighted by Gasteiger charge is 2.07. The summed E-state index contributed by atoms with van der Waals surface area (Å²) in [4.78, 5) is 0. The third-order valence-electron chi connectivity index (χ3n) is 2.26. The summed E-state index contributed by atoms with van der Waals surface area (Å²) in [6.45, 7) is 0.288. The van der Waals surface area contributed by atoms with Gasteiger partial charge in [-0.2, -0.15) is 0 Å². The molecule has 2 aromatic rings. The second-order valence-electron chi connectivity index (χ2n) is 3.12. The van der Waals surface area contributed by atoms with Crippen LogP contribution in [0.2, 0.25) is 5.02 Å². The molecule has 4 heteroatoms. The fraction of sp³-hybridized carbons (Fsp3) is 0.0909. The van der Waals surface area contributed by atoms with E-state index in [2.05, 4.69) is 0 Å². The van der Waals surface area contributed by atoms with Gasteiger partial charge in [-0.25, -0.2) is 0 Å². The Morgan fingerprint density at radius 2 is 1.80 bits per heavy atom. The standard InChI is InChI=1S/C11H10ClNO.ClH/c12-10-5-7(6-13)11(14)9-4-2-1-3-8(9)10;/h1-5,14H,6,13H2;1H. The lowest BCUT2D eigenvalue weighted by molar-refractivity contribution is 0.475. The lowest BCUT2D eigenvalue weighted by Gasteiger charge is -2.07. The Labute approximate surface area is 99.1 Å². The number of halogens is 2. The first-order valence-corrected chi connectivity index (χ1v) is 4.71. The van der Waals surface area contributed by atoms with Crippen molar-refractivity contribution in [2.24, 2.45) is 5.73 Å². The van der Waals surface area contributed by atoms with E-state index in [0.29, 0.717) is 10.6 Å². The molecule has 2 rings (SSSR count). The van der Waals surface area contributed by atoms with E-state index in [1.807, 2.05) is 24.3 Å². The van der Waals surface area contributed by atoms with Gasteiger partial charge >= 0.3 is 0 Å². The second-order valence-corrected chi connectivity index (χ2v) is 3.52. The Balaban J connectivity index is 0.00000112. The van der Waals surface area contributed by atoms with Gasteiger partial charge in [0.1, 0.15) is 5.75 Å². The molecule has 0 saturated carbocycles. The zero-order chi connectivity index (χ0) is 10.1.